The molecule has 1 aliphatic heterocycles. The Morgan fingerprint density at radius 1 is 1.00 bits per heavy atom. The number of piperazine rings is 1. The van der Waals surface area contributed by atoms with Crippen molar-refractivity contribution in [1.29, 1.82) is 0 Å². The van der Waals surface area contributed by atoms with E-state index < -0.39 is 0 Å². The normalized spacial score (nSPS) is 15.3. The van der Waals surface area contributed by atoms with Gasteiger partial charge in [0.2, 0.25) is 0 Å². The lowest BCUT2D eigenvalue weighted by Gasteiger charge is -2.35. The monoisotopic (exact) mass is 425 g/mol. The molecule has 0 aromatic carbocycles. The van der Waals surface area contributed by atoms with E-state index >= 15 is 0 Å². The van der Waals surface area contributed by atoms with Crippen molar-refractivity contribution in [2.45, 2.75) is 33.4 Å². The molecule has 9 heteroatoms. The number of anilines is 1. The summed E-state index contributed by atoms with van der Waals surface area (Å²) >= 11 is 0. The summed E-state index contributed by atoms with van der Waals surface area (Å²) in [6, 6.07) is 4.08. The molecule has 0 aliphatic carbocycles. The third-order valence-corrected chi connectivity index (χ3v) is 6.12. The largest absolute Gasteiger partial charge is 0.369 e. The number of aryl methyl sites for hydroxylation is 2. The van der Waals surface area contributed by atoms with Gasteiger partial charge in [-0.1, -0.05) is 13.8 Å². The van der Waals surface area contributed by atoms with E-state index in [0.29, 0.717) is 30.2 Å². The molecule has 3 aromatic heterocycles. The molecule has 0 amide bonds. The Kier molecular flexibility index (Phi) is 5.95. The predicted molar refractivity (Wildman–Crippen MR) is 121 cm³/mol. The van der Waals surface area contributed by atoms with E-state index in [1.54, 1.807) is 7.05 Å². The molecule has 0 unspecified atom stereocenters. The quantitative estimate of drug-likeness (QED) is 0.590. The van der Waals surface area contributed by atoms with Crippen LogP contribution in [0.5, 0.6) is 0 Å². The highest BCUT2D eigenvalue weighted by atomic mass is 16.2. The number of imidazole rings is 1. The van der Waals surface area contributed by atoms with Gasteiger partial charge in [-0.3, -0.25) is 23.8 Å². The summed E-state index contributed by atoms with van der Waals surface area (Å²) in [7, 11) is 3.21. The topological polar surface area (TPSA) is 81.2 Å². The van der Waals surface area contributed by atoms with Gasteiger partial charge in [-0.05, 0) is 24.5 Å². The summed E-state index contributed by atoms with van der Waals surface area (Å²) < 4.78 is 4.69. The van der Waals surface area contributed by atoms with Gasteiger partial charge in [-0.25, -0.2) is 9.78 Å². The van der Waals surface area contributed by atoms with Crippen molar-refractivity contribution in [3.8, 4) is 0 Å². The number of nitrogens with zero attached hydrogens (tertiary/aromatic N) is 7. The third-order valence-electron chi connectivity index (χ3n) is 6.12. The first-order valence-corrected chi connectivity index (χ1v) is 10.9. The van der Waals surface area contributed by atoms with E-state index in [1.807, 2.05) is 29.1 Å². The van der Waals surface area contributed by atoms with Gasteiger partial charge in [0, 0.05) is 64.9 Å². The highest BCUT2D eigenvalue weighted by molar-refractivity contribution is 5.71. The van der Waals surface area contributed by atoms with Crippen LogP contribution < -0.4 is 16.1 Å². The van der Waals surface area contributed by atoms with Crippen molar-refractivity contribution in [3.05, 3.63) is 51.2 Å². The number of aromatic nitrogens is 5. The number of pyridine rings is 1. The van der Waals surface area contributed by atoms with Crippen molar-refractivity contribution >= 4 is 16.9 Å². The molecular weight excluding hydrogens is 394 g/mol. The summed E-state index contributed by atoms with van der Waals surface area (Å²) in [5.74, 6) is 1.36. The van der Waals surface area contributed by atoms with Gasteiger partial charge in [-0.2, -0.15) is 0 Å². The fourth-order valence-electron chi connectivity index (χ4n) is 4.16. The van der Waals surface area contributed by atoms with Gasteiger partial charge in [-0.15, -0.1) is 0 Å². The van der Waals surface area contributed by atoms with Crippen LogP contribution in [0.15, 0.2) is 34.1 Å². The van der Waals surface area contributed by atoms with Gasteiger partial charge in [0.05, 0.1) is 6.54 Å². The van der Waals surface area contributed by atoms with Crippen LogP contribution in [0.1, 0.15) is 26.1 Å². The van der Waals surface area contributed by atoms with E-state index in [0.717, 1.165) is 38.4 Å². The minimum absolute atomic E-state index is 0.275. The Hall–Kier alpha value is -2.94. The molecule has 0 saturated carbocycles. The summed E-state index contributed by atoms with van der Waals surface area (Å²) in [4.78, 5) is 38.9. The molecule has 3 aromatic rings. The molecule has 1 fully saturated rings. The van der Waals surface area contributed by atoms with Gasteiger partial charge in [0.25, 0.3) is 5.56 Å². The van der Waals surface area contributed by atoms with E-state index in [9.17, 15) is 9.59 Å². The minimum atomic E-state index is -0.344. The van der Waals surface area contributed by atoms with Crippen LogP contribution >= 0.6 is 0 Å². The van der Waals surface area contributed by atoms with Crippen molar-refractivity contribution in [1.82, 2.24) is 28.6 Å². The molecule has 1 saturated heterocycles. The molecule has 4 rings (SSSR count). The van der Waals surface area contributed by atoms with E-state index in [-0.39, 0.29) is 11.2 Å². The van der Waals surface area contributed by atoms with E-state index in [2.05, 4.69) is 28.6 Å². The first-order valence-electron chi connectivity index (χ1n) is 10.9. The Morgan fingerprint density at radius 3 is 2.32 bits per heavy atom. The van der Waals surface area contributed by atoms with Crippen molar-refractivity contribution in [2.24, 2.45) is 20.0 Å². The predicted octanol–water partition coefficient (Wildman–Crippen LogP) is 1.20. The van der Waals surface area contributed by atoms with Crippen molar-refractivity contribution < 1.29 is 0 Å². The Bertz CT molecular complexity index is 1170. The van der Waals surface area contributed by atoms with E-state index in [1.165, 1.54) is 21.9 Å². The summed E-state index contributed by atoms with van der Waals surface area (Å²) in [5.41, 5.74) is 1.57. The standard InChI is InChI=1S/C22H31N7O2/c1-16(2)7-10-29-18(24-20-19(29)21(30)26(4)22(31)25(20)3)15-27-11-13-28(14-12-27)17-5-8-23-9-6-17/h5-6,8-9,16H,7,10-15H2,1-4H3. The maximum atomic E-state index is 12.9. The smallest absolute Gasteiger partial charge is 0.332 e. The van der Waals surface area contributed by atoms with E-state index in [4.69, 9.17) is 4.98 Å². The average Bonchev–Trinajstić information content (AvgIpc) is 3.14. The molecule has 4 heterocycles. The second-order valence-electron chi connectivity index (χ2n) is 8.71. The molecule has 0 N–H and O–H groups in total. The van der Waals surface area contributed by atoms with Crippen LogP contribution in [0, 0.1) is 5.92 Å². The Labute approximate surface area is 181 Å². The summed E-state index contributed by atoms with van der Waals surface area (Å²) in [6.45, 7) is 9.39. The van der Waals surface area contributed by atoms with Crippen LogP contribution in [0.2, 0.25) is 0 Å². The van der Waals surface area contributed by atoms with Crippen molar-refractivity contribution in [3.63, 3.8) is 0 Å². The maximum Gasteiger partial charge on any atom is 0.332 e. The lowest BCUT2D eigenvalue weighted by atomic mass is 10.1. The van der Waals surface area contributed by atoms with Crippen LogP contribution in [0.3, 0.4) is 0 Å². The lowest BCUT2D eigenvalue weighted by molar-refractivity contribution is 0.240. The zero-order valence-electron chi connectivity index (χ0n) is 18.8. The van der Waals surface area contributed by atoms with Gasteiger partial charge < -0.3 is 9.47 Å². The highest BCUT2D eigenvalue weighted by Crippen LogP contribution is 2.19. The average molecular weight is 426 g/mol. The fraction of sp³-hybridized carbons (Fsp3) is 0.545. The highest BCUT2D eigenvalue weighted by Gasteiger charge is 2.23. The second-order valence-corrected chi connectivity index (χ2v) is 8.71. The van der Waals surface area contributed by atoms with Crippen LogP contribution in [-0.2, 0) is 27.2 Å². The lowest BCUT2D eigenvalue weighted by Crippen LogP contribution is -2.46. The Balaban J connectivity index is 1.62. The molecule has 0 spiro atoms. The van der Waals surface area contributed by atoms with Gasteiger partial charge >= 0.3 is 5.69 Å². The summed E-state index contributed by atoms with van der Waals surface area (Å²) in [5, 5.41) is 0. The molecule has 0 radical (unpaired) electrons. The zero-order chi connectivity index (χ0) is 22.1. The van der Waals surface area contributed by atoms with Crippen LogP contribution in [0.4, 0.5) is 5.69 Å². The number of hydrogen-bond acceptors (Lipinski definition) is 6. The third kappa shape index (κ3) is 4.14. The van der Waals surface area contributed by atoms with Crippen molar-refractivity contribution in [2.75, 3.05) is 31.1 Å². The molecule has 0 atom stereocenters. The first kappa shape index (κ1) is 21.3. The molecule has 9 nitrogen and oxygen atoms in total. The number of hydrogen-bond donors (Lipinski definition) is 0. The maximum absolute atomic E-state index is 12.9. The van der Waals surface area contributed by atoms with Gasteiger partial charge in [0.15, 0.2) is 11.2 Å². The number of rotatable bonds is 6. The fourth-order valence-corrected chi connectivity index (χ4v) is 4.16. The zero-order valence-corrected chi connectivity index (χ0v) is 18.8. The first-order chi connectivity index (χ1) is 14.9. The summed E-state index contributed by atoms with van der Waals surface area (Å²) in [6.07, 6.45) is 4.59. The molecular formula is C22H31N7O2. The number of fused-ring (bicyclic) bond motifs is 1. The molecule has 0 bridgehead atoms. The Morgan fingerprint density at radius 2 is 1.68 bits per heavy atom. The molecule has 166 valence electrons. The van der Waals surface area contributed by atoms with Gasteiger partial charge in [0.1, 0.15) is 5.82 Å². The second kappa shape index (κ2) is 8.66. The minimum Gasteiger partial charge on any atom is -0.369 e. The molecule has 31 heavy (non-hydrogen) atoms. The van der Waals surface area contributed by atoms with Crippen LogP contribution in [0.25, 0.3) is 11.2 Å². The van der Waals surface area contributed by atoms with Crippen LogP contribution in [-0.4, -0.2) is 54.7 Å². The SMILES string of the molecule is CC(C)CCn1c(CN2CCN(c3ccncc3)CC2)nc2c1c(=O)n(C)c(=O)n2C. The molecule has 1 aliphatic rings.